The summed E-state index contributed by atoms with van der Waals surface area (Å²) in [5.74, 6) is 1.63. The van der Waals surface area contributed by atoms with E-state index >= 15 is 0 Å². The summed E-state index contributed by atoms with van der Waals surface area (Å²) < 4.78 is 5.28. The molecule has 272 valence electrons. The number of rotatable bonds is 38. The largest absolute Gasteiger partial charge is 0.256 e. The van der Waals surface area contributed by atoms with Crippen molar-refractivity contribution in [3.05, 3.63) is 18.2 Å². The Balaban J connectivity index is 2.26. The van der Waals surface area contributed by atoms with Gasteiger partial charge < -0.3 is 0 Å². The number of aryl methyl sites for hydroxylation is 2. The zero-order valence-electron chi connectivity index (χ0n) is 32.4. The highest BCUT2D eigenvalue weighted by Gasteiger charge is 2.16. The Morgan fingerprint density at radius 3 is 1.04 bits per heavy atom. The van der Waals surface area contributed by atoms with Gasteiger partial charge in [-0.25, -0.2) is 9.13 Å². The third-order valence-corrected chi connectivity index (χ3v) is 10.6. The van der Waals surface area contributed by atoms with E-state index < -0.39 is 0 Å². The second-order valence-electron chi connectivity index (χ2n) is 15.2. The molecule has 0 aliphatic carbocycles. The minimum Gasteiger partial charge on any atom is -0.234 e. The van der Waals surface area contributed by atoms with Crippen LogP contribution < -0.4 is 4.57 Å². The fraction of sp³-hybridized carbons (Fsp3) is 0.932. The lowest BCUT2D eigenvalue weighted by Gasteiger charge is -2.07. The Hall–Kier alpha value is -0.790. The molecule has 2 nitrogen and oxygen atoms in total. The van der Waals surface area contributed by atoms with Gasteiger partial charge in [-0.2, -0.15) is 0 Å². The predicted molar refractivity (Wildman–Crippen MR) is 207 cm³/mol. The van der Waals surface area contributed by atoms with Crippen LogP contribution in [0.2, 0.25) is 0 Å². The Labute approximate surface area is 291 Å². The van der Waals surface area contributed by atoms with Gasteiger partial charge in [0, 0.05) is 6.42 Å². The van der Waals surface area contributed by atoms with Crippen molar-refractivity contribution in [2.24, 2.45) is 0 Å². The van der Waals surface area contributed by atoms with Crippen LogP contribution in [-0.4, -0.2) is 4.57 Å². The maximum atomic E-state index is 2.64. The van der Waals surface area contributed by atoms with Gasteiger partial charge in [-0.3, -0.25) is 0 Å². The number of hydrogen-bond donors (Lipinski definition) is 0. The highest BCUT2D eigenvalue weighted by Crippen LogP contribution is 2.16. The number of nitrogens with zero attached hydrogens (tertiary/aromatic N) is 2. The van der Waals surface area contributed by atoms with Crippen LogP contribution in [0.4, 0.5) is 0 Å². The van der Waals surface area contributed by atoms with E-state index in [-0.39, 0.29) is 0 Å². The van der Waals surface area contributed by atoms with Crippen molar-refractivity contribution in [1.29, 1.82) is 0 Å². The van der Waals surface area contributed by atoms with Crippen molar-refractivity contribution in [3.8, 4) is 0 Å². The SMILES string of the molecule is CCCCCCCCCCCCCCCC[n+]1ccn(CCCCCCCCCC)c1CCCCCCCCCCCCCCC. The maximum Gasteiger partial charge on any atom is 0.256 e. The lowest BCUT2D eigenvalue weighted by Crippen LogP contribution is -2.37. The molecule has 0 N–H and O–H groups in total. The zero-order chi connectivity index (χ0) is 33.0. The van der Waals surface area contributed by atoms with Crippen LogP contribution in [0, 0.1) is 0 Å². The number of aromatic nitrogens is 2. The monoisotopic (exact) mass is 644 g/mol. The molecule has 0 bridgehead atoms. The van der Waals surface area contributed by atoms with E-state index in [4.69, 9.17) is 0 Å². The highest BCUT2D eigenvalue weighted by atomic mass is 15.1. The average molecular weight is 644 g/mol. The van der Waals surface area contributed by atoms with E-state index in [0.29, 0.717) is 0 Å². The molecule has 0 atom stereocenters. The molecule has 0 saturated carbocycles. The molecule has 1 aromatic rings. The molecule has 0 spiro atoms. The van der Waals surface area contributed by atoms with Gasteiger partial charge in [-0.15, -0.1) is 0 Å². The van der Waals surface area contributed by atoms with Gasteiger partial charge in [-0.1, -0.05) is 213 Å². The van der Waals surface area contributed by atoms with Crippen LogP contribution in [0.15, 0.2) is 12.4 Å². The van der Waals surface area contributed by atoms with Gasteiger partial charge >= 0.3 is 0 Å². The first kappa shape index (κ1) is 43.2. The van der Waals surface area contributed by atoms with E-state index in [1.54, 1.807) is 5.82 Å². The van der Waals surface area contributed by atoms with Gasteiger partial charge in [0.25, 0.3) is 5.82 Å². The standard InChI is InChI=1S/C44H87N2/c1-4-7-10-13-16-19-21-23-25-27-29-32-35-38-41-46-43-42-45(40-37-34-31-18-15-12-9-6-3)44(46)39-36-33-30-28-26-24-22-20-17-14-11-8-5-2/h42-43H,4-41H2,1-3H3/q+1. The number of unbranched alkanes of at least 4 members (excludes halogenated alkanes) is 32. The lowest BCUT2D eigenvalue weighted by molar-refractivity contribution is -0.704. The molecular formula is C44H87N2+. The van der Waals surface area contributed by atoms with Crippen LogP contribution in [0.25, 0.3) is 0 Å². The molecule has 1 aromatic heterocycles. The average Bonchev–Trinajstić information content (AvgIpc) is 3.45. The normalized spacial score (nSPS) is 11.6. The summed E-state index contributed by atoms with van der Waals surface area (Å²) in [4.78, 5) is 0. The minimum atomic E-state index is 1.23. The van der Waals surface area contributed by atoms with Crippen LogP contribution >= 0.6 is 0 Å². The molecule has 0 amide bonds. The summed E-state index contributed by atoms with van der Waals surface area (Å²) in [5.41, 5.74) is 0. The van der Waals surface area contributed by atoms with Crippen molar-refractivity contribution in [2.45, 2.75) is 265 Å². The molecule has 0 fully saturated rings. The summed E-state index contributed by atoms with van der Waals surface area (Å²) in [5, 5.41) is 0. The van der Waals surface area contributed by atoms with Crippen molar-refractivity contribution < 1.29 is 4.57 Å². The van der Waals surface area contributed by atoms with Crippen molar-refractivity contribution in [3.63, 3.8) is 0 Å². The molecule has 0 aliphatic heterocycles. The fourth-order valence-electron chi connectivity index (χ4n) is 7.39. The fourth-order valence-corrected chi connectivity index (χ4v) is 7.39. The second kappa shape index (κ2) is 35.5. The first-order valence-corrected chi connectivity index (χ1v) is 21.9. The molecule has 0 saturated heterocycles. The summed E-state index contributed by atoms with van der Waals surface area (Å²) in [6.07, 6.45) is 56.3. The number of imidazole rings is 1. The maximum absolute atomic E-state index is 2.64. The predicted octanol–water partition coefficient (Wildman–Crippen LogP) is 15.0. The first-order chi connectivity index (χ1) is 22.8. The molecule has 0 unspecified atom stereocenters. The molecule has 1 heterocycles. The quantitative estimate of drug-likeness (QED) is 0.0501. The smallest absolute Gasteiger partial charge is 0.234 e. The van der Waals surface area contributed by atoms with Crippen molar-refractivity contribution in [1.82, 2.24) is 4.57 Å². The van der Waals surface area contributed by atoms with Crippen LogP contribution in [0.1, 0.15) is 251 Å². The van der Waals surface area contributed by atoms with Gasteiger partial charge in [0.15, 0.2) is 0 Å². The first-order valence-electron chi connectivity index (χ1n) is 21.9. The van der Waals surface area contributed by atoms with Crippen LogP contribution in [-0.2, 0) is 19.5 Å². The van der Waals surface area contributed by atoms with Crippen molar-refractivity contribution in [2.75, 3.05) is 0 Å². The highest BCUT2D eigenvalue weighted by molar-refractivity contribution is 4.84. The third kappa shape index (κ3) is 27.2. The molecule has 0 radical (unpaired) electrons. The second-order valence-corrected chi connectivity index (χ2v) is 15.2. The molecule has 0 aliphatic rings. The molecular weight excluding hydrogens is 556 g/mol. The van der Waals surface area contributed by atoms with Gasteiger partial charge in [0.1, 0.15) is 12.4 Å². The minimum absolute atomic E-state index is 1.23. The van der Waals surface area contributed by atoms with Crippen molar-refractivity contribution >= 4 is 0 Å². The Morgan fingerprint density at radius 2 is 0.674 bits per heavy atom. The summed E-state index contributed by atoms with van der Waals surface area (Å²) in [6, 6.07) is 0. The van der Waals surface area contributed by atoms with Gasteiger partial charge in [0.05, 0.1) is 13.1 Å². The molecule has 2 heteroatoms. The number of hydrogen-bond acceptors (Lipinski definition) is 0. The Morgan fingerprint density at radius 1 is 0.370 bits per heavy atom. The Bertz CT molecular complexity index is 707. The van der Waals surface area contributed by atoms with Gasteiger partial charge in [0.2, 0.25) is 0 Å². The van der Waals surface area contributed by atoms with Crippen LogP contribution in [0.3, 0.4) is 0 Å². The van der Waals surface area contributed by atoms with E-state index in [0.717, 1.165) is 0 Å². The molecule has 1 rings (SSSR count). The summed E-state index contributed by atoms with van der Waals surface area (Å²) in [6.45, 7) is 9.41. The van der Waals surface area contributed by atoms with E-state index in [2.05, 4.69) is 42.3 Å². The molecule has 46 heavy (non-hydrogen) atoms. The Kier molecular flexibility index (Phi) is 33.4. The van der Waals surface area contributed by atoms with Crippen LogP contribution in [0.5, 0.6) is 0 Å². The van der Waals surface area contributed by atoms with E-state index in [9.17, 15) is 0 Å². The lowest BCUT2D eigenvalue weighted by atomic mass is 10.0. The third-order valence-electron chi connectivity index (χ3n) is 10.6. The van der Waals surface area contributed by atoms with E-state index in [1.807, 2.05) is 0 Å². The molecule has 0 aromatic carbocycles. The van der Waals surface area contributed by atoms with E-state index in [1.165, 1.54) is 244 Å². The summed E-state index contributed by atoms with van der Waals surface area (Å²) >= 11 is 0. The zero-order valence-corrected chi connectivity index (χ0v) is 32.4. The topological polar surface area (TPSA) is 8.81 Å². The van der Waals surface area contributed by atoms with Gasteiger partial charge in [-0.05, 0) is 32.1 Å². The summed E-state index contributed by atoms with van der Waals surface area (Å²) in [7, 11) is 0.